The van der Waals surface area contributed by atoms with Crippen molar-refractivity contribution in [3.8, 4) is 17.1 Å². The molecule has 4 rings (SSSR count). The van der Waals surface area contributed by atoms with Gasteiger partial charge in [0, 0.05) is 25.1 Å². The zero-order valence-corrected chi connectivity index (χ0v) is 15.5. The van der Waals surface area contributed by atoms with Crippen molar-refractivity contribution in [2.45, 2.75) is 13.0 Å². The van der Waals surface area contributed by atoms with Crippen molar-refractivity contribution in [1.82, 2.24) is 24.7 Å². The number of aromatic nitrogens is 5. The first-order chi connectivity index (χ1) is 13.7. The Balaban J connectivity index is 1.54. The summed E-state index contributed by atoms with van der Waals surface area (Å²) in [4.78, 5) is 13.2. The summed E-state index contributed by atoms with van der Waals surface area (Å²) in [6, 6.07) is 17.2. The van der Waals surface area contributed by atoms with Crippen molar-refractivity contribution < 1.29 is 0 Å². The summed E-state index contributed by atoms with van der Waals surface area (Å²) in [5.74, 6) is 1.33. The minimum absolute atomic E-state index is 0.363. The largest absolute Gasteiger partial charge is 0.368 e. The SMILES string of the molecule is Cc1cn(-c2ccccc2)nc1-c1ccnc(C(N)CNc2ccccn2)n1. The maximum absolute atomic E-state index is 6.28. The quantitative estimate of drug-likeness (QED) is 0.541. The Morgan fingerprint density at radius 3 is 2.61 bits per heavy atom. The summed E-state index contributed by atoms with van der Waals surface area (Å²) >= 11 is 0. The van der Waals surface area contributed by atoms with Crippen molar-refractivity contribution in [3.63, 3.8) is 0 Å². The molecule has 1 unspecified atom stereocenters. The van der Waals surface area contributed by atoms with Gasteiger partial charge in [0.25, 0.3) is 0 Å². The van der Waals surface area contributed by atoms with E-state index in [2.05, 4.69) is 20.3 Å². The van der Waals surface area contributed by atoms with Crippen LogP contribution in [0.3, 0.4) is 0 Å². The van der Waals surface area contributed by atoms with Crippen LogP contribution in [0.4, 0.5) is 5.82 Å². The summed E-state index contributed by atoms with van der Waals surface area (Å²) in [6.07, 6.45) is 5.45. The van der Waals surface area contributed by atoms with Gasteiger partial charge in [-0.25, -0.2) is 19.6 Å². The zero-order chi connectivity index (χ0) is 19.3. The molecule has 7 heteroatoms. The highest BCUT2D eigenvalue weighted by Gasteiger charge is 2.14. The summed E-state index contributed by atoms with van der Waals surface area (Å²) in [6.45, 7) is 2.50. The standard InChI is InChI=1S/C21H21N7/c1-15-14-28(16-7-3-2-4-8-16)27-20(15)18-10-12-24-21(26-18)17(22)13-25-19-9-5-6-11-23-19/h2-12,14,17H,13,22H2,1H3,(H,23,25). The minimum atomic E-state index is -0.363. The van der Waals surface area contributed by atoms with Crippen LogP contribution in [-0.4, -0.2) is 31.3 Å². The molecule has 0 spiro atoms. The molecule has 3 heterocycles. The minimum Gasteiger partial charge on any atom is -0.368 e. The average Bonchev–Trinajstić information content (AvgIpc) is 3.15. The third-order valence-electron chi connectivity index (χ3n) is 4.33. The topological polar surface area (TPSA) is 94.5 Å². The Labute approximate surface area is 163 Å². The Bertz CT molecular complexity index is 1040. The molecule has 0 fully saturated rings. The second-order valence-electron chi connectivity index (χ2n) is 6.44. The number of nitrogens with zero attached hydrogens (tertiary/aromatic N) is 5. The first-order valence-corrected chi connectivity index (χ1v) is 9.06. The molecule has 0 amide bonds. The van der Waals surface area contributed by atoms with Gasteiger partial charge in [-0.2, -0.15) is 5.10 Å². The molecule has 0 saturated carbocycles. The third-order valence-corrected chi connectivity index (χ3v) is 4.33. The van der Waals surface area contributed by atoms with E-state index in [0.29, 0.717) is 12.4 Å². The molecular formula is C21H21N7. The van der Waals surface area contributed by atoms with Gasteiger partial charge in [-0.3, -0.25) is 0 Å². The number of aryl methyl sites for hydroxylation is 1. The Morgan fingerprint density at radius 1 is 1.00 bits per heavy atom. The molecule has 0 aliphatic heterocycles. The molecule has 140 valence electrons. The van der Waals surface area contributed by atoms with E-state index < -0.39 is 0 Å². The number of nitrogens with two attached hydrogens (primary N) is 1. The smallest absolute Gasteiger partial charge is 0.147 e. The van der Waals surface area contributed by atoms with E-state index in [-0.39, 0.29) is 6.04 Å². The van der Waals surface area contributed by atoms with Crippen LogP contribution in [0.25, 0.3) is 17.1 Å². The number of pyridine rings is 1. The van der Waals surface area contributed by atoms with Gasteiger partial charge in [0.15, 0.2) is 0 Å². The maximum Gasteiger partial charge on any atom is 0.147 e. The van der Waals surface area contributed by atoms with Gasteiger partial charge in [0.2, 0.25) is 0 Å². The highest BCUT2D eigenvalue weighted by molar-refractivity contribution is 5.58. The molecule has 1 aromatic carbocycles. The van der Waals surface area contributed by atoms with Gasteiger partial charge >= 0.3 is 0 Å². The van der Waals surface area contributed by atoms with Crippen molar-refractivity contribution in [3.05, 3.63) is 84.6 Å². The predicted molar refractivity (Wildman–Crippen MR) is 109 cm³/mol. The molecule has 0 bridgehead atoms. The van der Waals surface area contributed by atoms with E-state index in [1.165, 1.54) is 0 Å². The van der Waals surface area contributed by atoms with E-state index >= 15 is 0 Å². The molecule has 0 aliphatic carbocycles. The summed E-state index contributed by atoms with van der Waals surface area (Å²) in [5.41, 5.74) is 9.89. The molecule has 4 aromatic rings. The third kappa shape index (κ3) is 3.89. The fraction of sp³-hybridized carbons (Fsp3) is 0.143. The van der Waals surface area contributed by atoms with Crippen molar-refractivity contribution in [2.24, 2.45) is 5.73 Å². The van der Waals surface area contributed by atoms with E-state index in [9.17, 15) is 0 Å². The first-order valence-electron chi connectivity index (χ1n) is 9.06. The molecule has 0 saturated heterocycles. The van der Waals surface area contributed by atoms with E-state index in [1.807, 2.05) is 72.4 Å². The second-order valence-corrected chi connectivity index (χ2v) is 6.44. The lowest BCUT2D eigenvalue weighted by atomic mass is 10.2. The molecule has 0 aliphatic rings. The number of hydrogen-bond acceptors (Lipinski definition) is 6. The lowest BCUT2D eigenvalue weighted by Gasteiger charge is -2.12. The van der Waals surface area contributed by atoms with Crippen LogP contribution < -0.4 is 11.1 Å². The van der Waals surface area contributed by atoms with Crippen molar-refractivity contribution in [2.75, 3.05) is 11.9 Å². The number of rotatable bonds is 6. The summed E-state index contributed by atoms with van der Waals surface area (Å²) in [7, 11) is 0. The molecular weight excluding hydrogens is 350 g/mol. The second kappa shape index (κ2) is 7.98. The number of anilines is 1. The fourth-order valence-electron chi connectivity index (χ4n) is 2.88. The number of para-hydroxylation sites is 1. The highest BCUT2D eigenvalue weighted by atomic mass is 15.3. The van der Waals surface area contributed by atoms with Gasteiger partial charge in [-0.15, -0.1) is 0 Å². The van der Waals surface area contributed by atoms with Gasteiger partial charge < -0.3 is 11.1 Å². The molecule has 7 nitrogen and oxygen atoms in total. The van der Waals surface area contributed by atoms with Gasteiger partial charge in [-0.1, -0.05) is 24.3 Å². The molecule has 28 heavy (non-hydrogen) atoms. The molecule has 1 atom stereocenters. The zero-order valence-electron chi connectivity index (χ0n) is 15.5. The fourth-order valence-corrected chi connectivity index (χ4v) is 2.88. The Morgan fingerprint density at radius 2 is 1.82 bits per heavy atom. The lowest BCUT2D eigenvalue weighted by Crippen LogP contribution is -2.23. The average molecular weight is 371 g/mol. The summed E-state index contributed by atoms with van der Waals surface area (Å²) in [5, 5.41) is 7.91. The monoisotopic (exact) mass is 371 g/mol. The normalized spacial score (nSPS) is 11.9. The number of benzene rings is 1. The maximum atomic E-state index is 6.28. The van der Waals surface area contributed by atoms with Crippen molar-refractivity contribution >= 4 is 5.82 Å². The first kappa shape index (κ1) is 17.8. The van der Waals surface area contributed by atoms with E-state index in [1.54, 1.807) is 12.4 Å². The van der Waals surface area contributed by atoms with Crippen LogP contribution >= 0.6 is 0 Å². The molecule has 3 aromatic heterocycles. The Kier molecular flexibility index (Phi) is 5.07. The Hall–Kier alpha value is -3.58. The molecule has 3 N–H and O–H groups in total. The van der Waals surface area contributed by atoms with Gasteiger partial charge in [0.1, 0.15) is 17.3 Å². The number of nitrogens with one attached hydrogen (secondary N) is 1. The van der Waals surface area contributed by atoms with Crippen LogP contribution in [0.1, 0.15) is 17.4 Å². The van der Waals surface area contributed by atoms with E-state index in [4.69, 9.17) is 10.8 Å². The van der Waals surface area contributed by atoms with Crippen molar-refractivity contribution in [1.29, 1.82) is 0 Å². The van der Waals surface area contributed by atoms with Crippen LogP contribution in [0.15, 0.2) is 73.2 Å². The van der Waals surface area contributed by atoms with Gasteiger partial charge in [-0.05, 0) is 42.8 Å². The van der Waals surface area contributed by atoms with Crippen LogP contribution in [-0.2, 0) is 0 Å². The predicted octanol–water partition coefficient (Wildman–Crippen LogP) is 3.14. The van der Waals surface area contributed by atoms with Crippen LogP contribution in [0.5, 0.6) is 0 Å². The van der Waals surface area contributed by atoms with E-state index in [0.717, 1.165) is 28.5 Å². The number of hydrogen-bond donors (Lipinski definition) is 2. The van der Waals surface area contributed by atoms with Gasteiger partial charge in [0.05, 0.1) is 17.4 Å². The van der Waals surface area contributed by atoms with Crippen LogP contribution in [0.2, 0.25) is 0 Å². The lowest BCUT2D eigenvalue weighted by molar-refractivity contribution is 0.700. The molecule has 0 radical (unpaired) electrons. The highest BCUT2D eigenvalue weighted by Crippen LogP contribution is 2.22. The summed E-state index contributed by atoms with van der Waals surface area (Å²) < 4.78 is 1.86. The van der Waals surface area contributed by atoms with Crippen LogP contribution in [0, 0.1) is 6.92 Å².